The summed E-state index contributed by atoms with van der Waals surface area (Å²) in [5, 5.41) is 4.01. The van der Waals surface area contributed by atoms with Crippen LogP contribution >= 0.6 is 0 Å². The standard InChI is InChI=1S/C18H24F2N4/c1-13-7-11-24(12-8-13)10-4-9-21-17-14-5-2-3-6-15(14)22-18(23-17)16(19)20/h2-3,5-6,13,16H,4,7-12H2,1H3,(H,21,22,23). The van der Waals surface area contributed by atoms with E-state index < -0.39 is 12.2 Å². The highest BCUT2D eigenvalue weighted by atomic mass is 19.3. The molecule has 2 aromatic rings. The maximum atomic E-state index is 13.0. The van der Waals surface area contributed by atoms with Crippen LogP contribution in [0.5, 0.6) is 0 Å². The molecule has 0 amide bonds. The summed E-state index contributed by atoms with van der Waals surface area (Å²) in [5.74, 6) is 0.920. The summed E-state index contributed by atoms with van der Waals surface area (Å²) in [6.07, 6.45) is 0.839. The van der Waals surface area contributed by atoms with Gasteiger partial charge in [-0.1, -0.05) is 19.1 Å². The summed E-state index contributed by atoms with van der Waals surface area (Å²) in [6, 6.07) is 7.27. The zero-order valence-electron chi connectivity index (χ0n) is 14.0. The fourth-order valence-corrected chi connectivity index (χ4v) is 3.12. The van der Waals surface area contributed by atoms with E-state index in [-0.39, 0.29) is 0 Å². The van der Waals surface area contributed by atoms with Crippen LogP contribution in [0.4, 0.5) is 14.6 Å². The Hall–Kier alpha value is -1.82. The Morgan fingerprint density at radius 1 is 1.21 bits per heavy atom. The number of hydrogen-bond donors (Lipinski definition) is 1. The number of nitrogens with one attached hydrogen (secondary N) is 1. The smallest absolute Gasteiger partial charge is 0.297 e. The molecule has 0 unspecified atom stereocenters. The van der Waals surface area contributed by atoms with Gasteiger partial charge < -0.3 is 10.2 Å². The van der Waals surface area contributed by atoms with Gasteiger partial charge in [-0.05, 0) is 56.9 Å². The van der Waals surface area contributed by atoms with Crippen molar-refractivity contribution in [3.05, 3.63) is 30.1 Å². The van der Waals surface area contributed by atoms with E-state index in [1.165, 1.54) is 12.8 Å². The fraction of sp³-hybridized carbons (Fsp3) is 0.556. The van der Waals surface area contributed by atoms with Crippen molar-refractivity contribution >= 4 is 16.7 Å². The van der Waals surface area contributed by atoms with E-state index in [1.807, 2.05) is 12.1 Å². The van der Waals surface area contributed by atoms with E-state index in [0.717, 1.165) is 43.9 Å². The predicted octanol–water partition coefficient (Wildman–Crippen LogP) is 4.10. The molecule has 0 bridgehead atoms. The second-order valence-corrected chi connectivity index (χ2v) is 6.55. The molecule has 1 N–H and O–H groups in total. The molecule has 1 aromatic carbocycles. The number of rotatable bonds is 6. The van der Waals surface area contributed by atoms with Crippen molar-refractivity contribution in [2.45, 2.75) is 32.6 Å². The van der Waals surface area contributed by atoms with Crippen LogP contribution in [0.1, 0.15) is 38.4 Å². The molecule has 1 aliphatic rings. The number of anilines is 1. The first-order valence-corrected chi connectivity index (χ1v) is 8.64. The first kappa shape index (κ1) is 17.0. The topological polar surface area (TPSA) is 41.0 Å². The Balaban J connectivity index is 1.60. The molecule has 0 spiro atoms. The number of likely N-dealkylation sites (tertiary alicyclic amines) is 1. The van der Waals surface area contributed by atoms with Crippen LogP contribution in [-0.4, -0.2) is 41.0 Å². The van der Waals surface area contributed by atoms with Gasteiger partial charge in [0.15, 0.2) is 5.82 Å². The number of hydrogen-bond acceptors (Lipinski definition) is 4. The molecule has 0 radical (unpaired) electrons. The Bertz CT molecular complexity index is 669. The van der Waals surface area contributed by atoms with Gasteiger partial charge in [-0.25, -0.2) is 18.7 Å². The normalized spacial score (nSPS) is 16.8. The van der Waals surface area contributed by atoms with Crippen LogP contribution in [0.15, 0.2) is 24.3 Å². The Kier molecular flexibility index (Phi) is 5.56. The summed E-state index contributed by atoms with van der Waals surface area (Å²) >= 11 is 0. The van der Waals surface area contributed by atoms with Gasteiger partial charge in [-0.2, -0.15) is 0 Å². The number of halogens is 2. The molecule has 4 nitrogen and oxygen atoms in total. The van der Waals surface area contributed by atoms with E-state index >= 15 is 0 Å². The van der Waals surface area contributed by atoms with Crippen molar-refractivity contribution in [3.63, 3.8) is 0 Å². The summed E-state index contributed by atoms with van der Waals surface area (Å²) in [7, 11) is 0. The lowest BCUT2D eigenvalue weighted by atomic mass is 9.99. The van der Waals surface area contributed by atoms with Crippen molar-refractivity contribution < 1.29 is 8.78 Å². The lowest BCUT2D eigenvalue weighted by Gasteiger charge is -2.30. The largest absolute Gasteiger partial charge is 0.369 e. The third-order valence-corrected chi connectivity index (χ3v) is 4.64. The monoisotopic (exact) mass is 334 g/mol. The van der Waals surface area contributed by atoms with Gasteiger partial charge in [-0.15, -0.1) is 0 Å². The molecule has 24 heavy (non-hydrogen) atoms. The molecule has 6 heteroatoms. The molecule has 1 saturated heterocycles. The number of nitrogens with zero attached hydrogens (tertiary/aromatic N) is 3. The third-order valence-electron chi connectivity index (χ3n) is 4.64. The van der Waals surface area contributed by atoms with Crippen LogP contribution in [-0.2, 0) is 0 Å². The Morgan fingerprint density at radius 2 is 1.96 bits per heavy atom. The quantitative estimate of drug-likeness (QED) is 0.808. The molecular formula is C18H24F2N4. The molecule has 1 aromatic heterocycles. The maximum Gasteiger partial charge on any atom is 0.297 e. The van der Waals surface area contributed by atoms with E-state index in [4.69, 9.17) is 0 Å². The molecule has 1 fully saturated rings. The molecule has 0 aliphatic carbocycles. The number of benzene rings is 1. The lowest BCUT2D eigenvalue weighted by Crippen LogP contribution is -2.34. The zero-order chi connectivity index (χ0) is 16.9. The number of piperidine rings is 1. The third kappa shape index (κ3) is 4.17. The van der Waals surface area contributed by atoms with E-state index in [0.29, 0.717) is 11.3 Å². The molecule has 3 rings (SSSR count). The van der Waals surface area contributed by atoms with Crippen LogP contribution in [0.25, 0.3) is 10.9 Å². The van der Waals surface area contributed by atoms with Crippen molar-refractivity contribution in [1.29, 1.82) is 0 Å². The summed E-state index contributed by atoms with van der Waals surface area (Å²) in [5.41, 5.74) is 0.551. The zero-order valence-corrected chi connectivity index (χ0v) is 14.0. The van der Waals surface area contributed by atoms with Gasteiger partial charge >= 0.3 is 0 Å². The summed E-state index contributed by atoms with van der Waals surface area (Å²) in [4.78, 5) is 10.4. The Morgan fingerprint density at radius 3 is 2.71 bits per heavy atom. The molecule has 0 atom stereocenters. The van der Waals surface area contributed by atoms with Crippen molar-refractivity contribution in [2.75, 3.05) is 31.5 Å². The second kappa shape index (κ2) is 7.83. The minimum atomic E-state index is -2.66. The first-order chi connectivity index (χ1) is 11.6. The SMILES string of the molecule is CC1CCN(CCCNc2nc(C(F)F)nc3ccccc23)CC1. The maximum absolute atomic E-state index is 13.0. The van der Waals surface area contributed by atoms with Crippen LogP contribution in [0, 0.1) is 5.92 Å². The van der Waals surface area contributed by atoms with Gasteiger partial charge in [0.05, 0.1) is 5.52 Å². The van der Waals surface area contributed by atoms with Gasteiger partial charge in [-0.3, -0.25) is 0 Å². The minimum absolute atomic E-state index is 0.416. The molecule has 2 heterocycles. The number of fused-ring (bicyclic) bond motifs is 1. The average Bonchev–Trinajstić information content (AvgIpc) is 2.59. The molecule has 0 saturated carbocycles. The highest BCUT2D eigenvalue weighted by Crippen LogP contribution is 2.24. The van der Waals surface area contributed by atoms with Crippen molar-refractivity contribution in [3.8, 4) is 0 Å². The predicted molar refractivity (Wildman–Crippen MR) is 92.4 cm³/mol. The van der Waals surface area contributed by atoms with Crippen LogP contribution in [0.2, 0.25) is 0 Å². The fourth-order valence-electron chi connectivity index (χ4n) is 3.12. The Labute approximate surface area is 141 Å². The van der Waals surface area contributed by atoms with Gasteiger partial charge in [0.2, 0.25) is 0 Å². The number of alkyl halides is 2. The number of aromatic nitrogens is 2. The summed E-state index contributed by atoms with van der Waals surface area (Å²) < 4.78 is 26.0. The van der Waals surface area contributed by atoms with Gasteiger partial charge in [0.1, 0.15) is 5.82 Å². The van der Waals surface area contributed by atoms with Crippen LogP contribution in [0.3, 0.4) is 0 Å². The average molecular weight is 334 g/mol. The van der Waals surface area contributed by atoms with Crippen molar-refractivity contribution in [1.82, 2.24) is 14.9 Å². The lowest BCUT2D eigenvalue weighted by molar-refractivity contribution is 0.141. The number of para-hydroxylation sites is 1. The second-order valence-electron chi connectivity index (χ2n) is 6.55. The van der Waals surface area contributed by atoms with Gasteiger partial charge in [0, 0.05) is 11.9 Å². The molecule has 130 valence electrons. The summed E-state index contributed by atoms with van der Waals surface area (Å²) in [6.45, 7) is 6.38. The van der Waals surface area contributed by atoms with Crippen LogP contribution < -0.4 is 5.32 Å². The van der Waals surface area contributed by atoms with E-state index in [1.54, 1.807) is 12.1 Å². The first-order valence-electron chi connectivity index (χ1n) is 8.64. The van der Waals surface area contributed by atoms with E-state index in [2.05, 4.69) is 27.1 Å². The van der Waals surface area contributed by atoms with E-state index in [9.17, 15) is 8.78 Å². The molecule has 1 aliphatic heterocycles. The highest BCUT2D eigenvalue weighted by Gasteiger charge is 2.16. The minimum Gasteiger partial charge on any atom is -0.369 e. The highest BCUT2D eigenvalue weighted by molar-refractivity contribution is 5.88. The molecular weight excluding hydrogens is 310 g/mol. The van der Waals surface area contributed by atoms with Gasteiger partial charge in [0.25, 0.3) is 6.43 Å². The van der Waals surface area contributed by atoms with Crippen molar-refractivity contribution in [2.24, 2.45) is 5.92 Å².